The minimum absolute atomic E-state index is 0.521. The van der Waals surface area contributed by atoms with E-state index in [1.54, 1.807) is 11.8 Å². The Morgan fingerprint density at radius 3 is 2.38 bits per heavy atom. The Hall–Kier alpha value is -1.69. The average Bonchev–Trinajstić information content (AvgIpc) is 2.52. The predicted molar refractivity (Wildman–Crippen MR) is 92.5 cm³/mol. The summed E-state index contributed by atoms with van der Waals surface area (Å²) in [6, 6.07) is 19.3. The van der Waals surface area contributed by atoms with E-state index in [9.17, 15) is 0 Å². The van der Waals surface area contributed by atoms with Gasteiger partial charge < -0.3 is 5.32 Å². The van der Waals surface area contributed by atoms with Crippen LogP contribution >= 0.6 is 11.8 Å². The van der Waals surface area contributed by atoms with Crippen LogP contribution < -0.4 is 5.32 Å². The van der Waals surface area contributed by atoms with Crippen molar-refractivity contribution in [2.24, 2.45) is 0 Å². The van der Waals surface area contributed by atoms with Gasteiger partial charge in [-0.2, -0.15) is 0 Å². The molecule has 2 aromatic rings. The Balaban J connectivity index is 1.80. The van der Waals surface area contributed by atoms with E-state index < -0.39 is 0 Å². The van der Waals surface area contributed by atoms with Crippen molar-refractivity contribution in [2.45, 2.75) is 31.3 Å². The second-order valence-electron chi connectivity index (χ2n) is 5.14. The van der Waals surface area contributed by atoms with Gasteiger partial charge in [-0.15, -0.1) is 11.8 Å². The molecule has 1 N–H and O–H groups in total. The number of hydrogen-bond donors (Lipinski definition) is 1. The third kappa shape index (κ3) is 6.08. The SMILES string of the molecule is CC(C)NCc1ccc(SCC#Cc2ccccc2)cc1. The topological polar surface area (TPSA) is 12.0 Å². The Labute approximate surface area is 132 Å². The van der Waals surface area contributed by atoms with Crippen LogP contribution in [-0.2, 0) is 6.54 Å². The van der Waals surface area contributed by atoms with Gasteiger partial charge in [-0.1, -0.05) is 56.0 Å². The van der Waals surface area contributed by atoms with Gasteiger partial charge in [-0.3, -0.25) is 0 Å². The van der Waals surface area contributed by atoms with E-state index in [-0.39, 0.29) is 0 Å². The maximum absolute atomic E-state index is 3.42. The van der Waals surface area contributed by atoms with E-state index in [0.717, 1.165) is 17.9 Å². The number of rotatable bonds is 5. The first-order chi connectivity index (χ1) is 10.2. The quantitative estimate of drug-likeness (QED) is 0.651. The molecule has 1 nitrogen and oxygen atoms in total. The zero-order chi connectivity index (χ0) is 14.9. The lowest BCUT2D eigenvalue weighted by Gasteiger charge is -2.08. The minimum Gasteiger partial charge on any atom is -0.310 e. The second kappa shape index (κ2) is 8.56. The Bertz CT molecular complexity index is 591. The molecule has 0 saturated heterocycles. The lowest BCUT2D eigenvalue weighted by atomic mass is 10.2. The second-order valence-corrected chi connectivity index (χ2v) is 6.18. The van der Waals surface area contributed by atoms with Gasteiger partial charge in [0.05, 0.1) is 5.75 Å². The van der Waals surface area contributed by atoms with Crippen molar-refractivity contribution >= 4 is 11.8 Å². The normalized spacial score (nSPS) is 10.2. The summed E-state index contributed by atoms with van der Waals surface area (Å²) in [7, 11) is 0. The fourth-order valence-corrected chi connectivity index (χ4v) is 2.44. The monoisotopic (exact) mass is 295 g/mol. The highest BCUT2D eigenvalue weighted by Crippen LogP contribution is 2.17. The Morgan fingerprint density at radius 1 is 1.00 bits per heavy atom. The Kier molecular flexibility index (Phi) is 6.40. The zero-order valence-electron chi connectivity index (χ0n) is 12.6. The molecule has 0 heterocycles. The van der Waals surface area contributed by atoms with Crippen LogP contribution in [0.15, 0.2) is 59.5 Å². The fraction of sp³-hybridized carbons (Fsp3) is 0.263. The van der Waals surface area contributed by atoms with Crippen molar-refractivity contribution < 1.29 is 0 Å². The van der Waals surface area contributed by atoms with Crippen LogP contribution in [-0.4, -0.2) is 11.8 Å². The molecule has 108 valence electrons. The van der Waals surface area contributed by atoms with Gasteiger partial charge in [0.2, 0.25) is 0 Å². The highest BCUT2D eigenvalue weighted by Gasteiger charge is 1.96. The van der Waals surface area contributed by atoms with Crippen LogP contribution in [0.5, 0.6) is 0 Å². The molecule has 0 unspecified atom stereocenters. The zero-order valence-corrected chi connectivity index (χ0v) is 13.4. The summed E-state index contributed by atoms with van der Waals surface area (Å²) in [5.74, 6) is 7.20. The molecule has 0 saturated carbocycles. The summed E-state index contributed by atoms with van der Waals surface area (Å²) in [6.07, 6.45) is 0. The third-order valence-electron chi connectivity index (χ3n) is 2.96. The van der Waals surface area contributed by atoms with Crippen molar-refractivity contribution in [1.82, 2.24) is 5.32 Å². The average molecular weight is 295 g/mol. The molecule has 2 rings (SSSR count). The molecule has 0 aromatic heterocycles. The van der Waals surface area contributed by atoms with E-state index in [4.69, 9.17) is 0 Å². The molecule has 0 bridgehead atoms. The largest absolute Gasteiger partial charge is 0.310 e. The van der Waals surface area contributed by atoms with Crippen LogP contribution in [0.3, 0.4) is 0 Å². The van der Waals surface area contributed by atoms with Crippen molar-refractivity contribution in [1.29, 1.82) is 0 Å². The van der Waals surface area contributed by atoms with Crippen molar-refractivity contribution in [3.05, 3.63) is 65.7 Å². The number of hydrogen-bond acceptors (Lipinski definition) is 2. The van der Waals surface area contributed by atoms with Crippen LogP contribution in [0.1, 0.15) is 25.0 Å². The molecule has 2 heteroatoms. The number of benzene rings is 2. The third-order valence-corrected chi connectivity index (χ3v) is 3.85. The Morgan fingerprint density at radius 2 is 1.71 bits per heavy atom. The van der Waals surface area contributed by atoms with Crippen molar-refractivity contribution in [3.63, 3.8) is 0 Å². The molecule has 0 radical (unpaired) electrons. The van der Waals surface area contributed by atoms with E-state index in [0.29, 0.717) is 6.04 Å². The van der Waals surface area contributed by atoms with Crippen molar-refractivity contribution in [3.8, 4) is 11.8 Å². The summed E-state index contributed by atoms with van der Waals surface area (Å²) in [4.78, 5) is 1.27. The summed E-state index contributed by atoms with van der Waals surface area (Å²) in [5, 5.41) is 3.42. The molecule has 0 aliphatic carbocycles. The molecular weight excluding hydrogens is 274 g/mol. The van der Waals surface area contributed by atoms with Crippen LogP contribution in [0.4, 0.5) is 0 Å². The van der Waals surface area contributed by atoms with Gasteiger partial charge in [0, 0.05) is 23.0 Å². The van der Waals surface area contributed by atoms with Crippen LogP contribution in [0.25, 0.3) is 0 Å². The molecule has 0 aliphatic heterocycles. The summed E-state index contributed by atoms with van der Waals surface area (Å²) in [5.41, 5.74) is 2.40. The van der Waals surface area contributed by atoms with Crippen LogP contribution in [0.2, 0.25) is 0 Å². The van der Waals surface area contributed by atoms with Gasteiger partial charge in [-0.25, -0.2) is 0 Å². The summed E-state index contributed by atoms with van der Waals surface area (Å²) < 4.78 is 0. The molecule has 21 heavy (non-hydrogen) atoms. The van der Waals surface area contributed by atoms with Crippen molar-refractivity contribution in [2.75, 3.05) is 5.75 Å². The first-order valence-electron chi connectivity index (χ1n) is 7.23. The van der Waals surface area contributed by atoms with E-state index in [1.165, 1.54) is 10.5 Å². The highest BCUT2D eigenvalue weighted by atomic mass is 32.2. The maximum atomic E-state index is 3.42. The number of nitrogens with one attached hydrogen (secondary N) is 1. The minimum atomic E-state index is 0.521. The predicted octanol–water partition coefficient (Wildman–Crippen LogP) is 4.33. The lowest BCUT2D eigenvalue weighted by molar-refractivity contribution is 0.588. The highest BCUT2D eigenvalue weighted by molar-refractivity contribution is 7.99. The molecule has 2 aromatic carbocycles. The fourth-order valence-electron chi connectivity index (χ4n) is 1.80. The molecule has 0 spiro atoms. The van der Waals surface area contributed by atoms with Crippen LogP contribution in [0, 0.1) is 11.8 Å². The first kappa shape index (κ1) is 15.7. The molecule has 0 fully saturated rings. The smallest absolute Gasteiger partial charge is 0.0598 e. The van der Waals surface area contributed by atoms with E-state index >= 15 is 0 Å². The van der Waals surface area contributed by atoms with Gasteiger partial charge in [0.25, 0.3) is 0 Å². The molecule has 0 amide bonds. The molecular formula is C19H21NS. The molecule has 0 atom stereocenters. The van der Waals surface area contributed by atoms with Gasteiger partial charge in [-0.05, 0) is 29.8 Å². The maximum Gasteiger partial charge on any atom is 0.0598 e. The van der Waals surface area contributed by atoms with E-state index in [2.05, 4.69) is 55.3 Å². The lowest BCUT2D eigenvalue weighted by Crippen LogP contribution is -2.21. The van der Waals surface area contributed by atoms with Gasteiger partial charge in [0.15, 0.2) is 0 Å². The van der Waals surface area contributed by atoms with E-state index in [1.807, 2.05) is 30.3 Å². The van der Waals surface area contributed by atoms with Gasteiger partial charge in [0.1, 0.15) is 0 Å². The summed E-state index contributed by atoms with van der Waals surface area (Å²) >= 11 is 1.78. The summed E-state index contributed by atoms with van der Waals surface area (Å²) in [6.45, 7) is 5.25. The first-order valence-corrected chi connectivity index (χ1v) is 8.21. The molecule has 0 aliphatic rings. The standard InChI is InChI=1S/C19H21NS/c1-16(2)20-15-18-10-12-19(13-11-18)21-14-6-9-17-7-4-3-5-8-17/h3-5,7-8,10-13,16,20H,14-15H2,1-2H3. The number of thioether (sulfide) groups is 1. The van der Waals surface area contributed by atoms with Gasteiger partial charge >= 0.3 is 0 Å².